The molecule has 3 nitrogen and oxygen atoms in total. The molecule has 0 bridgehead atoms. The molecule has 2 heterocycles. The number of aromatic nitrogens is 2. The van der Waals surface area contributed by atoms with Crippen molar-refractivity contribution in [1.82, 2.24) is 9.55 Å². The van der Waals surface area contributed by atoms with E-state index in [1.54, 1.807) is 48.5 Å². The summed E-state index contributed by atoms with van der Waals surface area (Å²) in [5.74, 6) is 0. The molecule has 4 rings (SSSR count). The van der Waals surface area contributed by atoms with Crippen LogP contribution in [0.15, 0.2) is 71.7 Å². The van der Waals surface area contributed by atoms with Crippen molar-refractivity contribution < 1.29 is 13.2 Å². The molecular formula is C22H12Cl3F3N2O. The Bertz CT molecular complexity index is 1330. The minimum atomic E-state index is -4.94. The van der Waals surface area contributed by atoms with Crippen LogP contribution in [0.3, 0.4) is 0 Å². The fourth-order valence-corrected chi connectivity index (χ4v) is 3.90. The molecule has 0 spiro atoms. The lowest BCUT2D eigenvalue weighted by atomic mass is 9.99. The lowest BCUT2D eigenvalue weighted by Gasteiger charge is -2.17. The summed E-state index contributed by atoms with van der Waals surface area (Å²) in [6, 6.07) is 15.7. The quantitative estimate of drug-likeness (QED) is 0.289. The van der Waals surface area contributed by atoms with Crippen LogP contribution in [-0.2, 0) is 6.30 Å². The highest BCUT2D eigenvalue weighted by atomic mass is 35.5. The van der Waals surface area contributed by atoms with Crippen molar-refractivity contribution in [3.8, 4) is 11.1 Å². The van der Waals surface area contributed by atoms with Gasteiger partial charge in [0.05, 0.1) is 5.38 Å². The third-order valence-corrected chi connectivity index (χ3v) is 5.71. The molecule has 1 unspecified atom stereocenters. The largest absolute Gasteiger partial charge is 0.493 e. The highest BCUT2D eigenvalue weighted by Crippen LogP contribution is 2.35. The molecule has 0 aliphatic carbocycles. The van der Waals surface area contributed by atoms with Crippen LogP contribution in [0.1, 0.15) is 16.5 Å². The molecule has 4 aromatic rings. The van der Waals surface area contributed by atoms with Gasteiger partial charge in [-0.2, -0.15) is 0 Å². The maximum absolute atomic E-state index is 13.6. The van der Waals surface area contributed by atoms with Gasteiger partial charge in [0.15, 0.2) is 5.65 Å². The number of pyridine rings is 2. The minimum Gasteiger partial charge on any atom is -0.269 e. The molecule has 0 amide bonds. The van der Waals surface area contributed by atoms with E-state index in [2.05, 4.69) is 4.98 Å². The minimum absolute atomic E-state index is 0.122. The normalized spacial score (nSPS) is 12.8. The van der Waals surface area contributed by atoms with Gasteiger partial charge in [0, 0.05) is 27.7 Å². The van der Waals surface area contributed by atoms with E-state index in [-0.39, 0.29) is 15.5 Å². The molecule has 9 heteroatoms. The summed E-state index contributed by atoms with van der Waals surface area (Å²) in [5, 5.41) is 0.344. The van der Waals surface area contributed by atoms with Crippen LogP contribution in [-0.4, -0.2) is 9.55 Å². The number of alkyl halides is 4. The third-order valence-electron chi connectivity index (χ3n) is 4.72. The Morgan fingerprint density at radius 2 is 1.61 bits per heavy atom. The van der Waals surface area contributed by atoms with Gasteiger partial charge in [0.2, 0.25) is 0 Å². The molecule has 0 aliphatic rings. The molecule has 0 fully saturated rings. The zero-order chi connectivity index (χ0) is 22.3. The molecule has 0 saturated heterocycles. The van der Waals surface area contributed by atoms with E-state index < -0.39 is 22.9 Å². The maximum Gasteiger partial charge on any atom is 0.493 e. The molecular weight excluding hydrogens is 472 g/mol. The van der Waals surface area contributed by atoms with E-state index in [0.29, 0.717) is 26.7 Å². The number of hydrogen-bond donors (Lipinski definition) is 0. The first kappa shape index (κ1) is 21.7. The van der Waals surface area contributed by atoms with Crippen LogP contribution in [0.2, 0.25) is 10.0 Å². The van der Waals surface area contributed by atoms with Crippen molar-refractivity contribution in [3.63, 3.8) is 0 Å². The Balaban J connectivity index is 1.99. The lowest BCUT2D eigenvalue weighted by molar-refractivity contribution is -0.203. The first-order valence-electron chi connectivity index (χ1n) is 8.93. The fourth-order valence-electron chi connectivity index (χ4n) is 3.32. The van der Waals surface area contributed by atoms with Gasteiger partial charge in [0.1, 0.15) is 0 Å². The van der Waals surface area contributed by atoms with Gasteiger partial charge in [-0.1, -0.05) is 47.5 Å². The summed E-state index contributed by atoms with van der Waals surface area (Å²) < 4.78 is 40.5. The number of benzene rings is 2. The highest BCUT2D eigenvalue weighted by molar-refractivity contribution is 6.31. The summed E-state index contributed by atoms with van der Waals surface area (Å²) in [6.45, 7) is 0. The lowest BCUT2D eigenvalue weighted by Crippen LogP contribution is -2.31. The van der Waals surface area contributed by atoms with Gasteiger partial charge in [-0.25, -0.2) is 9.55 Å². The summed E-state index contributed by atoms with van der Waals surface area (Å²) in [6.07, 6.45) is -3.70. The molecule has 1 atom stereocenters. The van der Waals surface area contributed by atoms with E-state index in [1.807, 2.05) is 0 Å². The Hall–Kier alpha value is -2.54. The van der Waals surface area contributed by atoms with Gasteiger partial charge in [0.25, 0.3) is 5.56 Å². The first-order chi connectivity index (χ1) is 14.6. The Kier molecular flexibility index (Phi) is 5.73. The second-order valence-electron chi connectivity index (χ2n) is 6.76. The second-order valence-corrected chi connectivity index (χ2v) is 8.07. The molecule has 0 saturated carbocycles. The van der Waals surface area contributed by atoms with Crippen molar-refractivity contribution in [2.75, 3.05) is 0 Å². The van der Waals surface area contributed by atoms with Crippen LogP contribution < -0.4 is 5.56 Å². The zero-order valence-electron chi connectivity index (χ0n) is 15.5. The average Bonchev–Trinajstić information content (AvgIpc) is 2.72. The molecule has 2 aromatic heterocycles. The molecule has 158 valence electrons. The SMILES string of the molecule is O=c1cc(-c2cccc(Cl)c2)c2cc(C(Cl)c3ccc(Cl)cc3)cnc2n1C(F)(F)F. The van der Waals surface area contributed by atoms with E-state index in [0.717, 1.165) is 6.07 Å². The predicted molar refractivity (Wildman–Crippen MR) is 117 cm³/mol. The number of halogens is 6. The number of hydrogen-bond acceptors (Lipinski definition) is 2. The van der Waals surface area contributed by atoms with E-state index in [4.69, 9.17) is 34.8 Å². The van der Waals surface area contributed by atoms with Crippen LogP contribution in [0.5, 0.6) is 0 Å². The van der Waals surface area contributed by atoms with Crippen molar-refractivity contribution in [2.45, 2.75) is 11.7 Å². The Morgan fingerprint density at radius 3 is 2.26 bits per heavy atom. The number of fused-ring (bicyclic) bond motifs is 1. The van der Waals surface area contributed by atoms with Crippen LogP contribution >= 0.6 is 34.8 Å². The fraction of sp³-hybridized carbons (Fsp3) is 0.0909. The molecule has 0 aliphatic heterocycles. The summed E-state index contributed by atoms with van der Waals surface area (Å²) in [5.41, 5.74) is 0.166. The summed E-state index contributed by atoms with van der Waals surface area (Å²) in [4.78, 5) is 16.3. The zero-order valence-corrected chi connectivity index (χ0v) is 17.8. The van der Waals surface area contributed by atoms with Gasteiger partial charge in [-0.3, -0.25) is 4.79 Å². The number of rotatable bonds is 3. The first-order valence-corrected chi connectivity index (χ1v) is 10.1. The topological polar surface area (TPSA) is 34.9 Å². The summed E-state index contributed by atoms with van der Waals surface area (Å²) >= 11 is 18.5. The van der Waals surface area contributed by atoms with Gasteiger partial charge < -0.3 is 0 Å². The molecule has 31 heavy (non-hydrogen) atoms. The predicted octanol–water partition coefficient (Wildman–Crippen LogP) is 7.17. The van der Waals surface area contributed by atoms with E-state index in [9.17, 15) is 18.0 Å². The molecule has 0 radical (unpaired) electrons. The van der Waals surface area contributed by atoms with Crippen LogP contribution in [0.25, 0.3) is 22.2 Å². The summed E-state index contributed by atoms with van der Waals surface area (Å²) in [7, 11) is 0. The maximum atomic E-state index is 13.6. The van der Waals surface area contributed by atoms with E-state index >= 15 is 0 Å². The highest BCUT2D eigenvalue weighted by Gasteiger charge is 2.35. The monoisotopic (exact) mass is 482 g/mol. The average molecular weight is 484 g/mol. The van der Waals surface area contributed by atoms with Gasteiger partial charge >= 0.3 is 6.30 Å². The van der Waals surface area contributed by atoms with Crippen LogP contribution in [0, 0.1) is 0 Å². The Morgan fingerprint density at radius 1 is 0.903 bits per heavy atom. The van der Waals surface area contributed by atoms with Gasteiger partial charge in [-0.05, 0) is 52.6 Å². The van der Waals surface area contributed by atoms with Crippen molar-refractivity contribution in [2.24, 2.45) is 0 Å². The second kappa shape index (κ2) is 8.19. The Labute approximate surface area is 189 Å². The standard InChI is InChI=1S/C22H12Cl3F3N2O/c23-15-6-4-12(5-7-15)20(25)14-9-18-17(13-2-1-3-16(24)8-13)10-19(31)30(22(26,27)28)21(18)29-11-14/h1-11,20H. The smallest absolute Gasteiger partial charge is 0.269 e. The van der Waals surface area contributed by atoms with Gasteiger partial charge in [-0.15, -0.1) is 24.8 Å². The van der Waals surface area contributed by atoms with E-state index in [1.165, 1.54) is 12.3 Å². The molecule has 2 aromatic carbocycles. The van der Waals surface area contributed by atoms with Crippen molar-refractivity contribution >= 4 is 45.8 Å². The third kappa shape index (κ3) is 4.28. The number of nitrogens with zero attached hydrogens (tertiary/aromatic N) is 2. The molecule has 0 N–H and O–H groups in total. The van der Waals surface area contributed by atoms with Crippen LogP contribution in [0.4, 0.5) is 13.2 Å². The van der Waals surface area contributed by atoms with Crippen molar-refractivity contribution in [3.05, 3.63) is 98.4 Å². The van der Waals surface area contributed by atoms with Crippen molar-refractivity contribution in [1.29, 1.82) is 0 Å².